The van der Waals surface area contributed by atoms with Gasteiger partial charge < -0.3 is 5.11 Å². The van der Waals surface area contributed by atoms with Crippen molar-refractivity contribution >= 4 is 15.9 Å². The molecule has 0 bridgehead atoms. The van der Waals surface area contributed by atoms with E-state index in [0.29, 0.717) is 12.2 Å². The van der Waals surface area contributed by atoms with E-state index in [9.17, 15) is 13.5 Å². The first-order chi connectivity index (χ1) is 7.80. The molecule has 1 N–H and O–H groups in total. The lowest BCUT2D eigenvalue weighted by Gasteiger charge is -2.27. The van der Waals surface area contributed by atoms with Crippen molar-refractivity contribution in [2.75, 3.05) is 24.9 Å². The second kappa shape index (κ2) is 4.93. The van der Waals surface area contributed by atoms with Crippen LogP contribution in [0.25, 0.3) is 0 Å². The van der Waals surface area contributed by atoms with Crippen molar-refractivity contribution in [2.45, 2.75) is 13.8 Å². The summed E-state index contributed by atoms with van der Waals surface area (Å²) in [7, 11) is -0.561. The maximum atomic E-state index is 12.1. The highest BCUT2D eigenvalue weighted by atomic mass is 32.2. The number of anilines is 1. The molecule has 0 radical (unpaired) electrons. The first kappa shape index (κ1) is 13.8. The summed E-state index contributed by atoms with van der Waals surface area (Å²) in [4.78, 5) is 0. The molecular weight excluding hydrogens is 240 g/mol. The van der Waals surface area contributed by atoms with Gasteiger partial charge in [-0.25, -0.2) is 0 Å². The highest BCUT2D eigenvalue weighted by molar-refractivity contribution is 7.90. The van der Waals surface area contributed by atoms with Crippen molar-refractivity contribution in [1.82, 2.24) is 4.31 Å². The number of phenols is 1. The van der Waals surface area contributed by atoms with Gasteiger partial charge in [-0.1, -0.05) is 6.07 Å². The van der Waals surface area contributed by atoms with E-state index in [-0.39, 0.29) is 5.75 Å². The minimum atomic E-state index is -3.53. The topological polar surface area (TPSA) is 60.9 Å². The van der Waals surface area contributed by atoms with Gasteiger partial charge in [0, 0.05) is 26.7 Å². The Bertz CT molecular complexity index is 497. The van der Waals surface area contributed by atoms with Crippen LogP contribution in [0, 0.1) is 6.92 Å². The molecule has 0 spiro atoms. The summed E-state index contributed by atoms with van der Waals surface area (Å²) < 4.78 is 26.6. The molecule has 0 unspecified atom stereocenters. The molecule has 0 aliphatic heterocycles. The van der Waals surface area contributed by atoms with E-state index < -0.39 is 10.2 Å². The van der Waals surface area contributed by atoms with Gasteiger partial charge in [0.05, 0.1) is 5.69 Å². The SMILES string of the molecule is CCN(c1cc(O)ccc1C)S(=O)(=O)N(C)C. The molecule has 0 aliphatic carbocycles. The van der Waals surface area contributed by atoms with E-state index in [0.717, 1.165) is 9.87 Å². The molecule has 0 atom stereocenters. The van der Waals surface area contributed by atoms with Crippen molar-refractivity contribution in [1.29, 1.82) is 0 Å². The minimum Gasteiger partial charge on any atom is -0.508 e. The third kappa shape index (κ3) is 2.70. The molecule has 5 nitrogen and oxygen atoms in total. The fraction of sp³-hybridized carbons (Fsp3) is 0.455. The Morgan fingerprint density at radius 3 is 2.35 bits per heavy atom. The van der Waals surface area contributed by atoms with Crippen LogP contribution in [0.1, 0.15) is 12.5 Å². The van der Waals surface area contributed by atoms with Crippen LogP contribution in [0.2, 0.25) is 0 Å². The first-order valence-corrected chi connectivity index (χ1v) is 6.70. The zero-order valence-electron chi connectivity index (χ0n) is 10.5. The van der Waals surface area contributed by atoms with Gasteiger partial charge in [-0.3, -0.25) is 4.31 Å². The second-order valence-electron chi connectivity index (χ2n) is 3.93. The Morgan fingerprint density at radius 1 is 1.29 bits per heavy atom. The molecule has 0 fully saturated rings. The third-order valence-corrected chi connectivity index (χ3v) is 4.42. The van der Waals surface area contributed by atoms with Crippen LogP contribution in [0.3, 0.4) is 0 Å². The fourth-order valence-electron chi connectivity index (χ4n) is 1.52. The van der Waals surface area contributed by atoms with Crippen LogP contribution < -0.4 is 4.31 Å². The summed E-state index contributed by atoms with van der Waals surface area (Å²) in [5.41, 5.74) is 1.30. The fourth-order valence-corrected chi connectivity index (χ4v) is 2.69. The monoisotopic (exact) mass is 258 g/mol. The molecule has 17 heavy (non-hydrogen) atoms. The Kier molecular flexibility index (Phi) is 4.00. The number of rotatable bonds is 4. The summed E-state index contributed by atoms with van der Waals surface area (Å²) >= 11 is 0. The van der Waals surface area contributed by atoms with Gasteiger partial charge in [0.1, 0.15) is 5.75 Å². The minimum absolute atomic E-state index is 0.0537. The van der Waals surface area contributed by atoms with Crippen LogP contribution >= 0.6 is 0 Å². The second-order valence-corrected chi connectivity index (χ2v) is 5.99. The van der Waals surface area contributed by atoms with Crippen LogP contribution in [0.15, 0.2) is 18.2 Å². The zero-order chi connectivity index (χ0) is 13.2. The lowest BCUT2D eigenvalue weighted by molar-refractivity contribution is 0.475. The van der Waals surface area contributed by atoms with E-state index >= 15 is 0 Å². The molecule has 0 saturated heterocycles. The van der Waals surface area contributed by atoms with Gasteiger partial charge in [-0.15, -0.1) is 0 Å². The maximum absolute atomic E-state index is 12.1. The molecule has 1 rings (SSSR count). The number of hydrogen-bond acceptors (Lipinski definition) is 3. The van der Waals surface area contributed by atoms with Gasteiger partial charge >= 0.3 is 10.2 Å². The Morgan fingerprint density at radius 2 is 1.88 bits per heavy atom. The standard InChI is InChI=1S/C11H18N2O3S/c1-5-13(17(15,16)12(3)4)11-8-10(14)7-6-9(11)2/h6-8,14H,5H2,1-4H3. The Labute approximate surface area is 102 Å². The summed E-state index contributed by atoms with van der Waals surface area (Å²) in [6.07, 6.45) is 0. The molecule has 0 aliphatic rings. The summed E-state index contributed by atoms with van der Waals surface area (Å²) in [5, 5.41) is 9.45. The third-order valence-electron chi connectivity index (χ3n) is 2.49. The van der Waals surface area contributed by atoms with Crippen LogP contribution in [-0.4, -0.2) is 38.5 Å². The van der Waals surface area contributed by atoms with E-state index in [1.807, 2.05) is 6.92 Å². The normalized spacial score (nSPS) is 11.8. The number of aromatic hydroxyl groups is 1. The van der Waals surface area contributed by atoms with Crippen LogP contribution in [0.5, 0.6) is 5.75 Å². The molecule has 1 aromatic carbocycles. The molecule has 0 amide bonds. The van der Waals surface area contributed by atoms with Gasteiger partial charge in [-0.2, -0.15) is 12.7 Å². The van der Waals surface area contributed by atoms with E-state index in [4.69, 9.17) is 0 Å². The molecule has 0 aromatic heterocycles. The predicted molar refractivity (Wildman–Crippen MR) is 68.5 cm³/mol. The van der Waals surface area contributed by atoms with E-state index in [1.54, 1.807) is 13.0 Å². The average molecular weight is 258 g/mol. The number of hydrogen-bond donors (Lipinski definition) is 1. The summed E-state index contributed by atoms with van der Waals surface area (Å²) in [6, 6.07) is 4.69. The highest BCUT2D eigenvalue weighted by Crippen LogP contribution is 2.27. The molecular formula is C11H18N2O3S. The molecule has 1 aromatic rings. The number of phenolic OH excluding ortho intramolecular Hbond substituents is 1. The summed E-state index contributed by atoms with van der Waals surface area (Å²) in [6.45, 7) is 3.87. The lowest BCUT2D eigenvalue weighted by Crippen LogP contribution is -2.40. The van der Waals surface area contributed by atoms with Crippen molar-refractivity contribution in [2.24, 2.45) is 0 Å². The smallest absolute Gasteiger partial charge is 0.303 e. The molecule has 0 heterocycles. The van der Waals surface area contributed by atoms with Gasteiger partial charge in [0.2, 0.25) is 0 Å². The first-order valence-electron chi connectivity index (χ1n) is 5.30. The number of aryl methyl sites for hydroxylation is 1. The Hall–Kier alpha value is -1.27. The molecule has 6 heteroatoms. The van der Waals surface area contributed by atoms with Crippen molar-refractivity contribution < 1.29 is 13.5 Å². The van der Waals surface area contributed by atoms with Gasteiger partial charge in [-0.05, 0) is 25.5 Å². The quantitative estimate of drug-likeness (QED) is 0.886. The van der Waals surface area contributed by atoms with Crippen LogP contribution in [-0.2, 0) is 10.2 Å². The molecule has 0 saturated carbocycles. The Balaban J connectivity index is 3.33. The average Bonchev–Trinajstić information content (AvgIpc) is 2.23. The number of nitrogens with zero attached hydrogens (tertiary/aromatic N) is 2. The predicted octanol–water partition coefficient (Wildman–Crippen LogP) is 1.33. The zero-order valence-corrected chi connectivity index (χ0v) is 11.3. The van der Waals surface area contributed by atoms with E-state index in [2.05, 4.69) is 0 Å². The van der Waals surface area contributed by atoms with Crippen LogP contribution in [0.4, 0.5) is 5.69 Å². The number of benzene rings is 1. The largest absolute Gasteiger partial charge is 0.508 e. The van der Waals surface area contributed by atoms with Gasteiger partial charge in [0.15, 0.2) is 0 Å². The van der Waals surface area contributed by atoms with Gasteiger partial charge in [0.25, 0.3) is 0 Å². The highest BCUT2D eigenvalue weighted by Gasteiger charge is 2.24. The van der Waals surface area contributed by atoms with Crippen molar-refractivity contribution in [3.8, 4) is 5.75 Å². The lowest BCUT2D eigenvalue weighted by atomic mass is 10.2. The maximum Gasteiger partial charge on any atom is 0.303 e. The van der Waals surface area contributed by atoms with Crippen molar-refractivity contribution in [3.05, 3.63) is 23.8 Å². The van der Waals surface area contributed by atoms with Crippen molar-refractivity contribution in [3.63, 3.8) is 0 Å². The summed E-state index contributed by atoms with van der Waals surface area (Å²) in [5.74, 6) is 0.0537. The molecule has 96 valence electrons. The van der Waals surface area contributed by atoms with E-state index in [1.165, 1.54) is 30.5 Å².